The van der Waals surface area contributed by atoms with Crippen LogP contribution in [0.2, 0.25) is 0 Å². The Morgan fingerprint density at radius 2 is 2.09 bits per heavy atom. The van der Waals surface area contributed by atoms with Crippen LogP contribution in [0.15, 0.2) is 62.7 Å². The minimum Gasteiger partial charge on any atom is -0.462 e. The molecular formula is C25H25BrFNO3S. The number of ether oxygens (including phenoxy) is 1. The van der Waals surface area contributed by atoms with Gasteiger partial charge in [0.15, 0.2) is 5.78 Å². The van der Waals surface area contributed by atoms with Gasteiger partial charge in [-0.05, 0) is 48.9 Å². The van der Waals surface area contributed by atoms with Crippen molar-refractivity contribution in [2.45, 2.75) is 45.4 Å². The molecule has 0 fully saturated rings. The van der Waals surface area contributed by atoms with E-state index in [4.69, 9.17) is 4.74 Å². The van der Waals surface area contributed by atoms with Crippen molar-refractivity contribution >= 4 is 39.0 Å². The molecule has 0 amide bonds. The van der Waals surface area contributed by atoms with Crippen LogP contribution in [-0.2, 0) is 14.3 Å². The van der Waals surface area contributed by atoms with E-state index in [-0.39, 0.29) is 24.2 Å². The number of esters is 1. The summed E-state index contributed by atoms with van der Waals surface area (Å²) in [6.45, 7) is 5.95. The Balaban J connectivity index is 1.81. The Kier molecular flexibility index (Phi) is 6.67. The van der Waals surface area contributed by atoms with Crippen LogP contribution in [0, 0.1) is 11.7 Å². The number of ketones is 1. The van der Waals surface area contributed by atoms with Gasteiger partial charge in [0.05, 0.1) is 18.1 Å². The van der Waals surface area contributed by atoms with E-state index in [2.05, 4.69) is 21.2 Å². The van der Waals surface area contributed by atoms with Gasteiger partial charge in [0, 0.05) is 44.2 Å². The van der Waals surface area contributed by atoms with Gasteiger partial charge in [0.25, 0.3) is 0 Å². The zero-order valence-electron chi connectivity index (χ0n) is 18.2. The van der Waals surface area contributed by atoms with Crippen molar-refractivity contribution in [3.05, 3.63) is 79.0 Å². The zero-order valence-corrected chi connectivity index (χ0v) is 20.6. The molecule has 0 bridgehead atoms. The van der Waals surface area contributed by atoms with Crippen LogP contribution in [0.4, 0.5) is 4.39 Å². The number of Topliss-reactive ketones (excluding diaryl/α,β-unsaturated/α-hetero) is 1. The molecule has 1 N–H and O–H groups in total. The van der Waals surface area contributed by atoms with E-state index in [1.54, 1.807) is 30.4 Å². The first-order chi connectivity index (χ1) is 15.3. The lowest BCUT2D eigenvalue weighted by Crippen LogP contribution is -2.36. The summed E-state index contributed by atoms with van der Waals surface area (Å²) in [5, 5.41) is 5.31. The highest BCUT2D eigenvalue weighted by Crippen LogP contribution is 2.47. The predicted molar refractivity (Wildman–Crippen MR) is 127 cm³/mol. The Hall–Kier alpha value is -2.25. The average molecular weight is 518 g/mol. The molecule has 2 heterocycles. The first-order valence-corrected chi connectivity index (χ1v) is 12.3. The summed E-state index contributed by atoms with van der Waals surface area (Å²) in [5.74, 6) is -1.61. The Labute approximate surface area is 199 Å². The number of carbonyl (C=O) groups excluding carboxylic acids is 2. The van der Waals surface area contributed by atoms with Crippen LogP contribution < -0.4 is 5.32 Å². The minimum atomic E-state index is -0.805. The van der Waals surface area contributed by atoms with Crippen molar-refractivity contribution in [2.24, 2.45) is 5.92 Å². The predicted octanol–water partition coefficient (Wildman–Crippen LogP) is 6.21. The maximum Gasteiger partial charge on any atom is 0.336 e. The highest BCUT2D eigenvalue weighted by molar-refractivity contribution is 9.10. The number of benzene rings is 1. The molecule has 0 radical (unpaired) electrons. The Morgan fingerprint density at radius 1 is 1.31 bits per heavy atom. The van der Waals surface area contributed by atoms with Crippen LogP contribution >= 0.6 is 27.3 Å². The van der Waals surface area contributed by atoms with Gasteiger partial charge in [-0.15, -0.1) is 11.3 Å². The molecule has 1 aromatic heterocycles. The van der Waals surface area contributed by atoms with Gasteiger partial charge in [0.2, 0.25) is 0 Å². The second-order valence-electron chi connectivity index (χ2n) is 8.69. The fourth-order valence-electron chi connectivity index (χ4n) is 4.40. The molecule has 0 unspecified atom stereocenters. The van der Waals surface area contributed by atoms with Gasteiger partial charge >= 0.3 is 5.97 Å². The number of dihydropyridines is 1. The average Bonchev–Trinajstić information content (AvgIpc) is 3.27. The molecule has 2 aromatic rings. The second-order valence-corrected chi connectivity index (χ2v) is 10.6. The fourth-order valence-corrected chi connectivity index (χ4v) is 5.61. The van der Waals surface area contributed by atoms with Gasteiger partial charge in [0.1, 0.15) is 5.82 Å². The number of hydrogen-bond acceptors (Lipinski definition) is 5. The molecule has 1 aliphatic heterocycles. The van der Waals surface area contributed by atoms with Crippen molar-refractivity contribution in [2.75, 3.05) is 6.61 Å². The number of thiophene rings is 1. The lowest BCUT2D eigenvalue weighted by atomic mass is 9.72. The molecule has 0 saturated heterocycles. The highest BCUT2D eigenvalue weighted by atomic mass is 79.9. The van der Waals surface area contributed by atoms with Gasteiger partial charge in [-0.1, -0.05) is 35.8 Å². The van der Waals surface area contributed by atoms with Crippen molar-refractivity contribution in [3.8, 4) is 0 Å². The minimum absolute atomic E-state index is 0.0665. The molecule has 168 valence electrons. The molecule has 2 aliphatic rings. The third kappa shape index (κ3) is 4.46. The largest absolute Gasteiger partial charge is 0.462 e. The third-order valence-corrected chi connectivity index (χ3v) is 7.34. The lowest BCUT2D eigenvalue weighted by Gasteiger charge is -2.36. The quantitative estimate of drug-likeness (QED) is 0.479. The van der Waals surface area contributed by atoms with Crippen LogP contribution in [0.25, 0.3) is 0 Å². The summed E-state index contributed by atoms with van der Waals surface area (Å²) in [6.07, 6.45) is 0.972. The molecular weight excluding hydrogens is 493 g/mol. The van der Waals surface area contributed by atoms with Gasteiger partial charge in [-0.25, -0.2) is 9.18 Å². The van der Waals surface area contributed by atoms with E-state index in [9.17, 15) is 9.59 Å². The second kappa shape index (κ2) is 9.32. The molecule has 2 atom stereocenters. The molecule has 4 nitrogen and oxygen atoms in total. The summed E-state index contributed by atoms with van der Waals surface area (Å²) in [5.41, 5.74) is 2.43. The smallest absolute Gasteiger partial charge is 0.336 e. The number of rotatable bonds is 5. The SMILES string of the molecule is CC1=C(C(=O)OCC(C)C)[C@H](c2cc(Br)ccc2F)C2=C(C[C@@H](c3cccs3)CC2=O)N1. The maximum atomic E-state index is 15.1. The van der Waals surface area contributed by atoms with Crippen LogP contribution in [0.1, 0.15) is 55.9 Å². The van der Waals surface area contributed by atoms with E-state index in [0.717, 1.165) is 10.6 Å². The standard InChI is InChI=1S/C25H25BrFNO3S/c1-13(2)12-31-25(30)22-14(3)28-19-9-15(21-5-4-8-32-21)10-20(29)24(19)23(22)17-11-16(26)6-7-18(17)27/h4-8,11,13,15,23,28H,9-10,12H2,1-3H3/t15-,23+/m1/s1. The van der Waals surface area contributed by atoms with Gasteiger partial charge in [-0.3, -0.25) is 4.79 Å². The van der Waals surface area contributed by atoms with Crippen LogP contribution in [0.5, 0.6) is 0 Å². The number of carbonyl (C=O) groups is 2. The van der Waals surface area contributed by atoms with Crippen molar-refractivity contribution in [1.29, 1.82) is 0 Å². The van der Waals surface area contributed by atoms with E-state index < -0.39 is 17.7 Å². The number of halogens is 2. The van der Waals surface area contributed by atoms with Crippen molar-refractivity contribution in [3.63, 3.8) is 0 Å². The normalized spacial score (nSPS) is 21.0. The fraction of sp³-hybridized carbons (Fsp3) is 0.360. The molecule has 1 aliphatic carbocycles. The van der Waals surface area contributed by atoms with E-state index >= 15 is 4.39 Å². The lowest BCUT2D eigenvalue weighted by molar-refractivity contribution is -0.140. The zero-order chi connectivity index (χ0) is 23.0. The monoisotopic (exact) mass is 517 g/mol. The Bertz CT molecular complexity index is 1120. The summed E-state index contributed by atoms with van der Waals surface area (Å²) in [7, 11) is 0. The first kappa shape index (κ1) is 22.9. The summed E-state index contributed by atoms with van der Waals surface area (Å²) < 4.78 is 21.3. The molecule has 0 saturated carbocycles. The number of allylic oxidation sites excluding steroid dienone is 3. The summed E-state index contributed by atoms with van der Waals surface area (Å²) >= 11 is 5.04. The van der Waals surface area contributed by atoms with Gasteiger partial charge in [-0.2, -0.15) is 0 Å². The highest BCUT2D eigenvalue weighted by Gasteiger charge is 2.42. The third-order valence-electron chi connectivity index (χ3n) is 5.81. The van der Waals surface area contributed by atoms with Crippen LogP contribution in [-0.4, -0.2) is 18.4 Å². The number of nitrogens with one attached hydrogen (secondary N) is 1. The van der Waals surface area contributed by atoms with Crippen LogP contribution in [0.3, 0.4) is 0 Å². The van der Waals surface area contributed by atoms with Crippen molar-refractivity contribution in [1.82, 2.24) is 5.32 Å². The summed E-state index contributed by atoms with van der Waals surface area (Å²) in [4.78, 5) is 27.7. The molecule has 1 aromatic carbocycles. The van der Waals surface area contributed by atoms with Crippen molar-refractivity contribution < 1.29 is 18.7 Å². The molecule has 0 spiro atoms. The maximum absolute atomic E-state index is 15.1. The van der Waals surface area contributed by atoms with E-state index in [1.807, 2.05) is 31.4 Å². The first-order valence-electron chi connectivity index (χ1n) is 10.7. The Morgan fingerprint density at radius 3 is 2.78 bits per heavy atom. The van der Waals surface area contributed by atoms with E-state index in [1.165, 1.54) is 6.07 Å². The van der Waals surface area contributed by atoms with Gasteiger partial charge < -0.3 is 10.1 Å². The molecule has 4 rings (SSSR count). The summed E-state index contributed by atoms with van der Waals surface area (Å²) in [6, 6.07) is 8.64. The molecule has 32 heavy (non-hydrogen) atoms. The van der Waals surface area contributed by atoms with E-state index in [0.29, 0.717) is 39.7 Å². The number of hydrogen-bond donors (Lipinski definition) is 1. The topological polar surface area (TPSA) is 55.4 Å². The molecule has 7 heteroatoms.